The zero-order chi connectivity index (χ0) is 12.6. The Hall–Kier alpha value is -1.12. The molecule has 2 heterocycles. The van der Waals surface area contributed by atoms with E-state index in [-0.39, 0.29) is 8.68 Å². The van der Waals surface area contributed by atoms with E-state index in [1.807, 2.05) is 0 Å². The second-order valence-corrected chi connectivity index (χ2v) is 6.87. The SMILES string of the molecule is Cc1n[nH]c(C)c1NS(=O)(=O)c1cnc(Cl)s1. The van der Waals surface area contributed by atoms with Gasteiger partial charge in [-0.05, 0) is 13.8 Å². The number of aryl methyl sites for hydroxylation is 2. The third-order valence-electron chi connectivity index (χ3n) is 2.09. The minimum absolute atomic E-state index is 0.0718. The van der Waals surface area contributed by atoms with E-state index in [1.165, 1.54) is 6.20 Å². The molecule has 2 N–H and O–H groups in total. The Morgan fingerprint density at radius 2 is 2.18 bits per heavy atom. The highest BCUT2D eigenvalue weighted by molar-refractivity contribution is 7.94. The average Bonchev–Trinajstić information content (AvgIpc) is 2.80. The first kappa shape index (κ1) is 12.3. The molecule has 0 saturated carbocycles. The van der Waals surface area contributed by atoms with Gasteiger partial charge in [0, 0.05) is 0 Å². The second kappa shape index (κ2) is 4.28. The minimum Gasteiger partial charge on any atom is -0.280 e. The molecular formula is C8H9ClN4O2S2. The van der Waals surface area contributed by atoms with Crippen molar-refractivity contribution in [3.8, 4) is 0 Å². The number of hydrogen-bond donors (Lipinski definition) is 2. The molecule has 0 unspecified atom stereocenters. The van der Waals surface area contributed by atoms with E-state index in [9.17, 15) is 8.42 Å². The normalized spacial score (nSPS) is 11.7. The molecule has 6 nitrogen and oxygen atoms in total. The Morgan fingerprint density at radius 1 is 1.47 bits per heavy atom. The number of anilines is 1. The highest BCUT2D eigenvalue weighted by atomic mass is 35.5. The van der Waals surface area contributed by atoms with Crippen LogP contribution < -0.4 is 4.72 Å². The maximum absolute atomic E-state index is 12.0. The molecule has 0 atom stereocenters. The third kappa shape index (κ3) is 2.43. The van der Waals surface area contributed by atoms with Crippen molar-refractivity contribution >= 4 is 38.6 Å². The van der Waals surface area contributed by atoms with Crippen molar-refractivity contribution in [2.24, 2.45) is 0 Å². The fourth-order valence-corrected chi connectivity index (χ4v) is 3.72. The summed E-state index contributed by atoms with van der Waals surface area (Å²) in [6, 6.07) is 0. The van der Waals surface area contributed by atoms with Gasteiger partial charge < -0.3 is 0 Å². The van der Waals surface area contributed by atoms with Crippen LogP contribution in [-0.2, 0) is 10.0 Å². The number of aromatic nitrogens is 3. The molecule has 0 amide bonds. The predicted octanol–water partition coefficient (Wildman–Crippen LogP) is 1.94. The van der Waals surface area contributed by atoms with Gasteiger partial charge in [0.25, 0.3) is 10.0 Å². The van der Waals surface area contributed by atoms with Gasteiger partial charge in [0.05, 0.1) is 23.3 Å². The smallest absolute Gasteiger partial charge is 0.273 e. The van der Waals surface area contributed by atoms with Crippen LogP contribution in [0.15, 0.2) is 10.4 Å². The van der Waals surface area contributed by atoms with Crippen LogP contribution in [0, 0.1) is 13.8 Å². The van der Waals surface area contributed by atoms with Crippen LogP contribution in [0.25, 0.3) is 0 Å². The van der Waals surface area contributed by atoms with E-state index in [0.29, 0.717) is 17.1 Å². The number of sulfonamides is 1. The molecule has 2 aromatic heterocycles. The van der Waals surface area contributed by atoms with Gasteiger partial charge in [-0.25, -0.2) is 13.4 Å². The van der Waals surface area contributed by atoms with Crippen LogP contribution >= 0.6 is 22.9 Å². The van der Waals surface area contributed by atoms with E-state index in [0.717, 1.165) is 11.3 Å². The van der Waals surface area contributed by atoms with Crippen LogP contribution in [0.4, 0.5) is 5.69 Å². The van der Waals surface area contributed by atoms with Crippen molar-refractivity contribution in [2.75, 3.05) is 4.72 Å². The molecule has 2 rings (SSSR count). The molecule has 2 aromatic rings. The van der Waals surface area contributed by atoms with Gasteiger partial charge >= 0.3 is 0 Å². The summed E-state index contributed by atoms with van der Waals surface area (Å²) in [4.78, 5) is 3.70. The summed E-state index contributed by atoms with van der Waals surface area (Å²) in [5.74, 6) is 0. The Balaban J connectivity index is 2.36. The number of rotatable bonds is 3. The van der Waals surface area contributed by atoms with Gasteiger partial charge in [0.15, 0.2) is 8.68 Å². The Bertz CT molecular complexity index is 627. The monoisotopic (exact) mass is 292 g/mol. The predicted molar refractivity (Wildman–Crippen MR) is 66.0 cm³/mol. The number of H-pyrrole nitrogens is 1. The Morgan fingerprint density at radius 3 is 2.65 bits per heavy atom. The number of nitrogens with one attached hydrogen (secondary N) is 2. The van der Waals surface area contributed by atoms with Gasteiger partial charge in [-0.1, -0.05) is 22.9 Å². The lowest BCUT2D eigenvalue weighted by Crippen LogP contribution is -2.12. The lowest BCUT2D eigenvalue weighted by Gasteiger charge is -2.05. The zero-order valence-electron chi connectivity index (χ0n) is 8.98. The first-order valence-electron chi connectivity index (χ1n) is 4.56. The van der Waals surface area contributed by atoms with E-state index in [2.05, 4.69) is 19.9 Å². The van der Waals surface area contributed by atoms with E-state index in [4.69, 9.17) is 11.6 Å². The number of hydrogen-bond acceptors (Lipinski definition) is 5. The topological polar surface area (TPSA) is 87.7 Å². The highest BCUT2D eigenvalue weighted by Gasteiger charge is 2.20. The molecule has 92 valence electrons. The van der Waals surface area contributed by atoms with Crippen LogP contribution in [-0.4, -0.2) is 23.6 Å². The number of aromatic amines is 1. The largest absolute Gasteiger partial charge is 0.280 e. The fourth-order valence-electron chi connectivity index (χ4n) is 1.25. The molecule has 17 heavy (non-hydrogen) atoms. The van der Waals surface area contributed by atoms with E-state index >= 15 is 0 Å². The van der Waals surface area contributed by atoms with Gasteiger partial charge in [-0.2, -0.15) is 5.10 Å². The van der Waals surface area contributed by atoms with Crippen LogP contribution in [0.2, 0.25) is 4.47 Å². The summed E-state index contributed by atoms with van der Waals surface area (Å²) in [5.41, 5.74) is 1.69. The summed E-state index contributed by atoms with van der Waals surface area (Å²) in [7, 11) is -3.65. The highest BCUT2D eigenvalue weighted by Crippen LogP contribution is 2.26. The molecule has 0 aromatic carbocycles. The lowest BCUT2D eigenvalue weighted by atomic mass is 10.3. The quantitative estimate of drug-likeness (QED) is 0.905. The van der Waals surface area contributed by atoms with Crippen molar-refractivity contribution in [3.05, 3.63) is 22.1 Å². The first-order chi connectivity index (χ1) is 7.90. The molecule has 9 heteroatoms. The lowest BCUT2D eigenvalue weighted by molar-refractivity contribution is 0.603. The molecule has 0 bridgehead atoms. The van der Waals surface area contributed by atoms with Crippen molar-refractivity contribution in [1.82, 2.24) is 15.2 Å². The maximum atomic E-state index is 12.0. The van der Waals surface area contributed by atoms with Crippen molar-refractivity contribution in [1.29, 1.82) is 0 Å². The van der Waals surface area contributed by atoms with Gasteiger partial charge in [-0.3, -0.25) is 9.82 Å². The molecular weight excluding hydrogens is 284 g/mol. The van der Waals surface area contributed by atoms with Gasteiger partial charge in [-0.15, -0.1) is 0 Å². The molecule has 0 aliphatic rings. The zero-order valence-corrected chi connectivity index (χ0v) is 11.4. The first-order valence-corrected chi connectivity index (χ1v) is 7.23. The molecule has 0 radical (unpaired) electrons. The molecule has 0 saturated heterocycles. The Kier molecular flexibility index (Phi) is 3.11. The summed E-state index contributed by atoms with van der Waals surface area (Å²) in [6.07, 6.45) is 1.22. The van der Waals surface area contributed by atoms with Crippen LogP contribution in [0.5, 0.6) is 0 Å². The maximum Gasteiger partial charge on any atom is 0.273 e. The fraction of sp³-hybridized carbons (Fsp3) is 0.250. The van der Waals surface area contributed by atoms with Crippen molar-refractivity contribution in [3.63, 3.8) is 0 Å². The average molecular weight is 293 g/mol. The third-order valence-corrected chi connectivity index (χ3v) is 5.01. The molecule has 0 spiro atoms. The van der Waals surface area contributed by atoms with E-state index in [1.54, 1.807) is 13.8 Å². The van der Waals surface area contributed by atoms with Crippen molar-refractivity contribution < 1.29 is 8.42 Å². The second-order valence-electron chi connectivity index (χ2n) is 3.35. The summed E-state index contributed by atoms with van der Waals surface area (Å²) in [6.45, 7) is 3.44. The minimum atomic E-state index is -3.65. The van der Waals surface area contributed by atoms with Crippen molar-refractivity contribution in [2.45, 2.75) is 18.1 Å². The van der Waals surface area contributed by atoms with Crippen LogP contribution in [0.1, 0.15) is 11.4 Å². The summed E-state index contributed by atoms with van der Waals surface area (Å²) < 4.78 is 26.7. The van der Waals surface area contributed by atoms with Gasteiger partial charge in [0.2, 0.25) is 0 Å². The van der Waals surface area contributed by atoms with Crippen LogP contribution in [0.3, 0.4) is 0 Å². The number of thiazole rings is 1. The summed E-state index contributed by atoms with van der Waals surface area (Å²) in [5, 5.41) is 6.61. The van der Waals surface area contributed by atoms with Gasteiger partial charge in [0.1, 0.15) is 0 Å². The molecule has 0 aliphatic heterocycles. The summed E-state index contributed by atoms with van der Waals surface area (Å²) >= 11 is 6.51. The Labute approximate surface area is 107 Å². The standard InChI is InChI=1S/C8H9ClN4O2S2/c1-4-7(5(2)12-11-4)13-17(14,15)6-3-10-8(9)16-6/h3,13H,1-2H3,(H,11,12). The molecule has 0 fully saturated rings. The van der Waals surface area contributed by atoms with E-state index < -0.39 is 10.0 Å². The number of halogens is 1. The number of nitrogens with zero attached hydrogens (tertiary/aromatic N) is 2. The molecule has 0 aliphatic carbocycles.